The van der Waals surface area contributed by atoms with E-state index in [1.54, 1.807) is 0 Å². The van der Waals surface area contributed by atoms with E-state index in [1.807, 2.05) is 20.8 Å². The zero-order valence-electron chi connectivity index (χ0n) is 13.9. The second-order valence-electron chi connectivity index (χ2n) is 6.44. The molecular formula is C17H18F2N2O3S. The van der Waals surface area contributed by atoms with Gasteiger partial charge in [-0.2, -0.15) is 0 Å². The lowest BCUT2D eigenvalue weighted by Crippen LogP contribution is -2.40. The van der Waals surface area contributed by atoms with Crippen LogP contribution < -0.4 is 10.0 Å². The quantitative estimate of drug-likeness (QED) is 0.870. The van der Waals surface area contributed by atoms with E-state index in [1.165, 1.54) is 24.3 Å². The first-order chi connectivity index (χ1) is 11.5. The fourth-order valence-corrected chi connectivity index (χ4v) is 3.25. The van der Waals surface area contributed by atoms with E-state index in [9.17, 15) is 22.0 Å². The highest BCUT2D eigenvalue weighted by Gasteiger charge is 2.24. The van der Waals surface area contributed by atoms with Gasteiger partial charge in [0.25, 0.3) is 15.9 Å². The van der Waals surface area contributed by atoms with E-state index in [0.29, 0.717) is 5.56 Å². The summed E-state index contributed by atoms with van der Waals surface area (Å²) in [5, 5.41) is 2.77. The van der Waals surface area contributed by atoms with Gasteiger partial charge in [-0.25, -0.2) is 17.2 Å². The van der Waals surface area contributed by atoms with Crippen LogP contribution in [0.3, 0.4) is 0 Å². The molecule has 0 fully saturated rings. The molecule has 2 aromatic rings. The van der Waals surface area contributed by atoms with E-state index in [2.05, 4.69) is 10.0 Å². The minimum Gasteiger partial charge on any atom is -0.347 e. The Morgan fingerprint density at radius 3 is 1.96 bits per heavy atom. The smallest absolute Gasteiger partial charge is 0.267 e. The molecule has 0 bridgehead atoms. The number of anilines is 1. The van der Waals surface area contributed by atoms with Crippen molar-refractivity contribution in [3.63, 3.8) is 0 Å². The van der Waals surface area contributed by atoms with Gasteiger partial charge in [0.2, 0.25) is 0 Å². The Morgan fingerprint density at radius 2 is 1.48 bits per heavy atom. The summed E-state index contributed by atoms with van der Waals surface area (Å²) < 4.78 is 53.8. The summed E-state index contributed by atoms with van der Waals surface area (Å²) in [6.07, 6.45) is 0. The molecule has 5 nitrogen and oxygen atoms in total. The molecule has 2 N–H and O–H groups in total. The lowest BCUT2D eigenvalue weighted by molar-refractivity contribution is 0.0919. The molecule has 0 aliphatic heterocycles. The number of sulfonamides is 1. The minimum absolute atomic E-state index is 0.0787. The molecule has 0 aliphatic rings. The Hall–Kier alpha value is -2.48. The van der Waals surface area contributed by atoms with Crippen molar-refractivity contribution in [3.8, 4) is 0 Å². The fourth-order valence-electron chi connectivity index (χ4n) is 2.05. The second kappa shape index (κ2) is 6.79. The molecule has 8 heteroatoms. The summed E-state index contributed by atoms with van der Waals surface area (Å²) in [4.78, 5) is 11.0. The average molecular weight is 368 g/mol. The molecule has 0 atom stereocenters. The number of amides is 1. The van der Waals surface area contributed by atoms with Gasteiger partial charge in [0.15, 0.2) is 4.90 Å². The highest BCUT2D eigenvalue weighted by Crippen LogP contribution is 2.22. The SMILES string of the molecule is CC(C)(C)NC(=O)c1ccc(NS(=O)(=O)c2c(F)cccc2F)cc1. The Labute approximate surface area is 145 Å². The Balaban J connectivity index is 2.23. The van der Waals surface area contributed by atoms with Crippen molar-refractivity contribution >= 4 is 21.6 Å². The fraction of sp³-hybridized carbons (Fsp3) is 0.235. The molecule has 134 valence electrons. The third-order valence-electron chi connectivity index (χ3n) is 3.08. The molecule has 0 aliphatic carbocycles. The Kier molecular flexibility index (Phi) is 5.12. The van der Waals surface area contributed by atoms with Crippen molar-refractivity contribution in [1.29, 1.82) is 0 Å². The largest absolute Gasteiger partial charge is 0.347 e. The van der Waals surface area contributed by atoms with Crippen LogP contribution in [0.25, 0.3) is 0 Å². The number of hydrogen-bond acceptors (Lipinski definition) is 3. The summed E-state index contributed by atoms with van der Waals surface area (Å²) >= 11 is 0. The van der Waals surface area contributed by atoms with E-state index >= 15 is 0 Å². The average Bonchev–Trinajstić information content (AvgIpc) is 2.45. The van der Waals surface area contributed by atoms with E-state index < -0.39 is 32.1 Å². The van der Waals surface area contributed by atoms with Gasteiger partial charge >= 0.3 is 0 Å². The van der Waals surface area contributed by atoms with Crippen LogP contribution in [0, 0.1) is 11.6 Å². The van der Waals surface area contributed by atoms with Crippen LogP contribution in [0.4, 0.5) is 14.5 Å². The molecule has 0 aromatic heterocycles. The van der Waals surface area contributed by atoms with Crippen LogP contribution in [-0.2, 0) is 10.0 Å². The number of nitrogens with one attached hydrogen (secondary N) is 2. The zero-order chi connectivity index (χ0) is 18.8. The van der Waals surface area contributed by atoms with Gasteiger partial charge in [-0.15, -0.1) is 0 Å². The molecule has 2 rings (SSSR count). The van der Waals surface area contributed by atoms with Crippen molar-refractivity contribution in [2.45, 2.75) is 31.2 Å². The molecule has 0 heterocycles. The molecule has 0 saturated carbocycles. The van der Waals surface area contributed by atoms with Crippen LogP contribution in [0.1, 0.15) is 31.1 Å². The van der Waals surface area contributed by atoms with Crippen LogP contribution in [0.15, 0.2) is 47.4 Å². The number of carbonyl (C=O) groups excluding carboxylic acids is 1. The van der Waals surface area contributed by atoms with Crippen molar-refractivity contribution < 1.29 is 22.0 Å². The van der Waals surface area contributed by atoms with E-state index in [-0.39, 0.29) is 11.6 Å². The molecule has 0 unspecified atom stereocenters. The molecular weight excluding hydrogens is 350 g/mol. The third-order valence-corrected chi connectivity index (χ3v) is 4.51. The molecule has 25 heavy (non-hydrogen) atoms. The van der Waals surface area contributed by atoms with Crippen LogP contribution in [-0.4, -0.2) is 19.9 Å². The predicted molar refractivity (Wildman–Crippen MR) is 90.8 cm³/mol. The Morgan fingerprint density at radius 1 is 0.960 bits per heavy atom. The number of halogens is 2. The minimum atomic E-state index is -4.44. The van der Waals surface area contributed by atoms with Gasteiger partial charge in [-0.3, -0.25) is 9.52 Å². The molecule has 0 spiro atoms. The van der Waals surface area contributed by atoms with Gasteiger partial charge < -0.3 is 5.32 Å². The van der Waals surface area contributed by atoms with Crippen molar-refractivity contribution in [3.05, 3.63) is 59.7 Å². The lowest BCUT2D eigenvalue weighted by atomic mass is 10.1. The van der Waals surface area contributed by atoms with Gasteiger partial charge in [0.1, 0.15) is 11.6 Å². The van der Waals surface area contributed by atoms with Crippen LogP contribution in [0.2, 0.25) is 0 Å². The number of rotatable bonds is 4. The van der Waals surface area contributed by atoms with Gasteiger partial charge in [-0.05, 0) is 57.2 Å². The summed E-state index contributed by atoms with van der Waals surface area (Å²) in [7, 11) is -4.44. The summed E-state index contributed by atoms with van der Waals surface area (Å²) in [6.45, 7) is 5.49. The molecule has 1 amide bonds. The van der Waals surface area contributed by atoms with Gasteiger partial charge in [0.05, 0.1) is 0 Å². The standard InChI is InChI=1S/C17H18F2N2O3S/c1-17(2,3)20-16(22)11-7-9-12(10-8-11)21-25(23,24)15-13(18)5-4-6-14(15)19/h4-10,21H,1-3H3,(H,20,22). The molecule has 2 aromatic carbocycles. The topological polar surface area (TPSA) is 75.3 Å². The molecule has 0 saturated heterocycles. The summed E-state index contributed by atoms with van der Waals surface area (Å²) in [5.74, 6) is -2.69. The highest BCUT2D eigenvalue weighted by molar-refractivity contribution is 7.92. The van der Waals surface area contributed by atoms with Crippen LogP contribution >= 0.6 is 0 Å². The Bertz CT molecular complexity index is 869. The monoisotopic (exact) mass is 368 g/mol. The first kappa shape index (κ1) is 18.9. The van der Waals surface area contributed by atoms with Crippen molar-refractivity contribution in [2.75, 3.05) is 4.72 Å². The maximum Gasteiger partial charge on any atom is 0.267 e. The second-order valence-corrected chi connectivity index (χ2v) is 8.06. The maximum absolute atomic E-state index is 13.7. The number of benzene rings is 2. The van der Waals surface area contributed by atoms with E-state index in [4.69, 9.17) is 0 Å². The van der Waals surface area contributed by atoms with Crippen LogP contribution in [0.5, 0.6) is 0 Å². The summed E-state index contributed by atoms with van der Waals surface area (Å²) in [5.41, 5.74) is -0.00964. The first-order valence-corrected chi connectivity index (χ1v) is 8.87. The predicted octanol–water partition coefficient (Wildman–Crippen LogP) is 3.29. The third kappa shape index (κ3) is 4.76. The zero-order valence-corrected chi connectivity index (χ0v) is 14.7. The first-order valence-electron chi connectivity index (χ1n) is 7.39. The normalized spacial score (nSPS) is 11.9. The maximum atomic E-state index is 13.7. The molecule has 0 radical (unpaired) electrons. The van der Waals surface area contributed by atoms with Crippen molar-refractivity contribution in [1.82, 2.24) is 5.32 Å². The number of hydrogen-bond donors (Lipinski definition) is 2. The van der Waals surface area contributed by atoms with E-state index in [0.717, 1.165) is 18.2 Å². The van der Waals surface area contributed by atoms with Crippen molar-refractivity contribution in [2.24, 2.45) is 0 Å². The highest BCUT2D eigenvalue weighted by atomic mass is 32.2. The number of carbonyl (C=O) groups is 1. The van der Waals surface area contributed by atoms with Gasteiger partial charge in [0, 0.05) is 16.8 Å². The summed E-state index contributed by atoms with van der Waals surface area (Å²) in [6, 6.07) is 8.30. The van der Waals surface area contributed by atoms with Gasteiger partial charge in [-0.1, -0.05) is 6.07 Å². The lowest BCUT2D eigenvalue weighted by Gasteiger charge is -2.20.